The fourth-order valence-corrected chi connectivity index (χ4v) is 2.15. The summed E-state index contributed by atoms with van der Waals surface area (Å²) in [5, 5.41) is 8.05. The fourth-order valence-electron chi connectivity index (χ4n) is 2.15. The summed E-state index contributed by atoms with van der Waals surface area (Å²) in [5.41, 5.74) is 6.24. The number of nitrogens with zero attached hydrogens (tertiary/aromatic N) is 2. The Kier molecular flexibility index (Phi) is 4.25. The fraction of sp³-hybridized carbons (Fsp3) is 0.438. The van der Waals surface area contributed by atoms with E-state index in [1.807, 2.05) is 0 Å². The van der Waals surface area contributed by atoms with E-state index in [0.717, 1.165) is 19.5 Å². The van der Waals surface area contributed by atoms with Gasteiger partial charge in [0.15, 0.2) is 0 Å². The summed E-state index contributed by atoms with van der Waals surface area (Å²) in [6.07, 6.45) is 0.990. The molecule has 2 aromatic rings. The van der Waals surface area contributed by atoms with Crippen molar-refractivity contribution < 1.29 is 0 Å². The SMILES string of the molecule is CCc1cc(CNc2ccc(C)c(C)c2)n(CC)n1. The normalized spacial score (nSPS) is 10.7. The molecule has 0 aliphatic carbocycles. The van der Waals surface area contributed by atoms with Gasteiger partial charge >= 0.3 is 0 Å². The van der Waals surface area contributed by atoms with Crippen molar-refractivity contribution in [2.75, 3.05) is 5.32 Å². The summed E-state index contributed by atoms with van der Waals surface area (Å²) in [4.78, 5) is 0. The van der Waals surface area contributed by atoms with Crippen LogP contribution in [0.25, 0.3) is 0 Å². The van der Waals surface area contributed by atoms with Crippen molar-refractivity contribution in [1.82, 2.24) is 9.78 Å². The van der Waals surface area contributed by atoms with E-state index in [1.54, 1.807) is 0 Å². The van der Waals surface area contributed by atoms with E-state index >= 15 is 0 Å². The first-order valence-electron chi connectivity index (χ1n) is 7.00. The smallest absolute Gasteiger partial charge is 0.0625 e. The van der Waals surface area contributed by atoms with Gasteiger partial charge in [0.1, 0.15) is 0 Å². The van der Waals surface area contributed by atoms with Gasteiger partial charge in [0.05, 0.1) is 17.9 Å². The Morgan fingerprint density at radius 3 is 2.53 bits per heavy atom. The van der Waals surface area contributed by atoms with Crippen LogP contribution in [0.15, 0.2) is 24.3 Å². The number of benzene rings is 1. The molecule has 1 aromatic heterocycles. The quantitative estimate of drug-likeness (QED) is 0.885. The molecule has 102 valence electrons. The lowest BCUT2D eigenvalue weighted by molar-refractivity contribution is 0.619. The monoisotopic (exact) mass is 257 g/mol. The van der Waals surface area contributed by atoms with Crippen LogP contribution < -0.4 is 5.32 Å². The van der Waals surface area contributed by atoms with E-state index in [4.69, 9.17) is 0 Å². The van der Waals surface area contributed by atoms with Crippen molar-refractivity contribution in [3.05, 3.63) is 46.8 Å². The maximum Gasteiger partial charge on any atom is 0.0625 e. The lowest BCUT2D eigenvalue weighted by Crippen LogP contribution is -2.08. The third kappa shape index (κ3) is 3.16. The minimum absolute atomic E-state index is 0.823. The van der Waals surface area contributed by atoms with Gasteiger partial charge in [0, 0.05) is 12.2 Å². The van der Waals surface area contributed by atoms with Crippen LogP contribution in [0.2, 0.25) is 0 Å². The van der Waals surface area contributed by atoms with Gasteiger partial charge in [-0.1, -0.05) is 13.0 Å². The molecule has 0 bridgehead atoms. The Balaban J connectivity index is 2.09. The van der Waals surface area contributed by atoms with Gasteiger partial charge in [-0.05, 0) is 56.5 Å². The molecular formula is C16H23N3. The predicted octanol–water partition coefficient (Wildman–Crippen LogP) is 3.69. The minimum Gasteiger partial charge on any atom is -0.379 e. The molecule has 0 atom stereocenters. The van der Waals surface area contributed by atoms with E-state index in [-0.39, 0.29) is 0 Å². The number of hydrogen-bond donors (Lipinski definition) is 1. The maximum atomic E-state index is 4.57. The van der Waals surface area contributed by atoms with Gasteiger partial charge in [-0.3, -0.25) is 4.68 Å². The molecule has 2 rings (SSSR count). The molecule has 0 saturated heterocycles. The largest absolute Gasteiger partial charge is 0.379 e. The summed E-state index contributed by atoms with van der Waals surface area (Å²) in [7, 11) is 0. The molecule has 0 aliphatic rings. The standard InChI is InChI=1S/C16H23N3/c1-5-14-10-16(19(6-2)18-14)11-17-15-8-7-12(3)13(4)9-15/h7-10,17H,5-6,11H2,1-4H3. The first-order valence-corrected chi connectivity index (χ1v) is 7.00. The second-order valence-electron chi connectivity index (χ2n) is 4.95. The zero-order valence-electron chi connectivity index (χ0n) is 12.3. The molecule has 3 heteroatoms. The van der Waals surface area contributed by atoms with Crippen LogP contribution in [0.4, 0.5) is 5.69 Å². The first-order chi connectivity index (χ1) is 9.13. The zero-order chi connectivity index (χ0) is 13.8. The number of rotatable bonds is 5. The average molecular weight is 257 g/mol. The number of nitrogens with one attached hydrogen (secondary N) is 1. The summed E-state index contributed by atoms with van der Waals surface area (Å²) < 4.78 is 2.08. The molecule has 0 radical (unpaired) electrons. The van der Waals surface area contributed by atoms with Crippen molar-refractivity contribution in [1.29, 1.82) is 0 Å². The van der Waals surface area contributed by atoms with Crippen LogP contribution in [0.5, 0.6) is 0 Å². The first kappa shape index (κ1) is 13.7. The molecule has 0 spiro atoms. The molecule has 1 aromatic carbocycles. The Hall–Kier alpha value is -1.77. The van der Waals surface area contributed by atoms with Crippen molar-refractivity contribution in [2.45, 2.75) is 47.2 Å². The predicted molar refractivity (Wildman–Crippen MR) is 80.5 cm³/mol. The van der Waals surface area contributed by atoms with Gasteiger partial charge in [0.25, 0.3) is 0 Å². The van der Waals surface area contributed by atoms with Crippen molar-refractivity contribution in [2.24, 2.45) is 0 Å². The average Bonchev–Trinajstić information content (AvgIpc) is 2.82. The lowest BCUT2D eigenvalue weighted by atomic mass is 10.1. The van der Waals surface area contributed by atoms with Gasteiger partial charge < -0.3 is 5.32 Å². The van der Waals surface area contributed by atoms with E-state index in [0.29, 0.717) is 0 Å². The number of aromatic nitrogens is 2. The molecule has 0 aliphatic heterocycles. The van der Waals surface area contributed by atoms with Crippen LogP contribution in [-0.4, -0.2) is 9.78 Å². The Bertz CT molecular complexity index is 555. The molecule has 0 amide bonds. The second-order valence-corrected chi connectivity index (χ2v) is 4.95. The topological polar surface area (TPSA) is 29.9 Å². The highest BCUT2D eigenvalue weighted by molar-refractivity contribution is 5.48. The summed E-state index contributed by atoms with van der Waals surface area (Å²) in [6.45, 7) is 10.3. The third-order valence-corrected chi connectivity index (χ3v) is 3.56. The van der Waals surface area contributed by atoms with Gasteiger partial charge in [0.2, 0.25) is 0 Å². The van der Waals surface area contributed by atoms with Gasteiger partial charge in [-0.25, -0.2) is 0 Å². The zero-order valence-corrected chi connectivity index (χ0v) is 12.3. The molecular weight excluding hydrogens is 234 g/mol. The molecule has 1 N–H and O–H groups in total. The second kappa shape index (κ2) is 5.91. The van der Waals surface area contributed by atoms with Crippen LogP contribution >= 0.6 is 0 Å². The van der Waals surface area contributed by atoms with Crippen molar-refractivity contribution >= 4 is 5.69 Å². The summed E-state index contributed by atoms with van der Waals surface area (Å²) in [6, 6.07) is 8.68. The highest BCUT2D eigenvalue weighted by Gasteiger charge is 2.05. The molecule has 0 unspecified atom stereocenters. The van der Waals surface area contributed by atoms with Gasteiger partial charge in [-0.15, -0.1) is 0 Å². The van der Waals surface area contributed by atoms with Crippen LogP contribution in [0, 0.1) is 13.8 Å². The number of aryl methyl sites for hydroxylation is 4. The Morgan fingerprint density at radius 2 is 1.89 bits per heavy atom. The molecule has 19 heavy (non-hydrogen) atoms. The van der Waals surface area contributed by atoms with E-state index in [2.05, 4.69) is 67.1 Å². The van der Waals surface area contributed by atoms with Crippen LogP contribution in [0.1, 0.15) is 36.4 Å². The highest BCUT2D eigenvalue weighted by atomic mass is 15.3. The number of hydrogen-bond acceptors (Lipinski definition) is 2. The summed E-state index contributed by atoms with van der Waals surface area (Å²) in [5.74, 6) is 0. The summed E-state index contributed by atoms with van der Waals surface area (Å²) >= 11 is 0. The molecule has 0 fully saturated rings. The highest BCUT2D eigenvalue weighted by Crippen LogP contribution is 2.15. The van der Waals surface area contributed by atoms with E-state index in [9.17, 15) is 0 Å². The molecule has 0 saturated carbocycles. The number of anilines is 1. The minimum atomic E-state index is 0.823. The molecule has 1 heterocycles. The third-order valence-electron chi connectivity index (χ3n) is 3.56. The van der Waals surface area contributed by atoms with Crippen LogP contribution in [-0.2, 0) is 19.5 Å². The van der Waals surface area contributed by atoms with Crippen molar-refractivity contribution in [3.63, 3.8) is 0 Å². The van der Waals surface area contributed by atoms with E-state index in [1.165, 1.54) is 28.2 Å². The van der Waals surface area contributed by atoms with Gasteiger partial charge in [-0.2, -0.15) is 5.10 Å². The van der Waals surface area contributed by atoms with E-state index < -0.39 is 0 Å². The Labute approximate surface area is 115 Å². The van der Waals surface area contributed by atoms with Crippen molar-refractivity contribution in [3.8, 4) is 0 Å². The molecule has 3 nitrogen and oxygen atoms in total. The Morgan fingerprint density at radius 1 is 1.11 bits per heavy atom. The maximum absolute atomic E-state index is 4.57. The lowest BCUT2D eigenvalue weighted by Gasteiger charge is -2.09. The van der Waals surface area contributed by atoms with Crippen LogP contribution in [0.3, 0.4) is 0 Å².